The summed E-state index contributed by atoms with van der Waals surface area (Å²) in [6.45, 7) is 2.33. The van der Waals surface area contributed by atoms with Gasteiger partial charge < -0.3 is 14.5 Å². The van der Waals surface area contributed by atoms with E-state index in [0.29, 0.717) is 12.6 Å². The largest absolute Gasteiger partial charge is 0.467 e. The molecule has 1 aromatic heterocycles. The fourth-order valence-corrected chi connectivity index (χ4v) is 2.65. The van der Waals surface area contributed by atoms with Gasteiger partial charge in [0.1, 0.15) is 12.4 Å². The van der Waals surface area contributed by atoms with E-state index < -0.39 is 0 Å². The van der Waals surface area contributed by atoms with Gasteiger partial charge in [0.25, 0.3) is 0 Å². The molecule has 1 heterocycles. The summed E-state index contributed by atoms with van der Waals surface area (Å²) in [4.78, 5) is 0. The van der Waals surface area contributed by atoms with Gasteiger partial charge in [0.2, 0.25) is 0 Å². The maximum Gasteiger partial charge on any atom is 0.129 e. The molecule has 0 amide bonds. The van der Waals surface area contributed by atoms with Crippen LogP contribution in [0.15, 0.2) is 53.1 Å². The molecule has 0 spiro atoms. The van der Waals surface area contributed by atoms with E-state index in [4.69, 9.17) is 9.15 Å². The summed E-state index contributed by atoms with van der Waals surface area (Å²) in [5.74, 6) is 1.71. The highest BCUT2D eigenvalue weighted by Gasteiger charge is 2.31. The molecule has 1 saturated carbocycles. The minimum Gasteiger partial charge on any atom is -0.467 e. The number of benzene rings is 1. The van der Waals surface area contributed by atoms with Crippen molar-refractivity contribution in [2.75, 3.05) is 13.2 Å². The highest BCUT2D eigenvalue weighted by atomic mass is 16.5. The molecule has 21 heavy (non-hydrogen) atoms. The molecule has 2 aromatic rings. The summed E-state index contributed by atoms with van der Waals surface area (Å²) < 4.78 is 10.8. The summed E-state index contributed by atoms with van der Waals surface area (Å²) >= 11 is 0. The van der Waals surface area contributed by atoms with Gasteiger partial charge in [0.15, 0.2) is 0 Å². The van der Waals surface area contributed by atoms with Crippen molar-refractivity contribution in [3.05, 3.63) is 60.1 Å². The summed E-state index contributed by atoms with van der Waals surface area (Å²) in [6, 6.07) is 15.1. The van der Waals surface area contributed by atoms with Gasteiger partial charge in [-0.25, -0.2) is 0 Å². The van der Waals surface area contributed by atoms with Crippen LogP contribution in [0.5, 0.6) is 0 Å². The minimum atomic E-state index is 0.510. The van der Waals surface area contributed by atoms with Crippen LogP contribution in [0, 0.1) is 5.92 Å². The van der Waals surface area contributed by atoms with Crippen molar-refractivity contribution in [1.29, 1.82) is 0 Å². The standard InChI is InChI=1S/C18H23NO2/c1-2-6-15(7-3-1)18(16-9-10-16)19-11-5-12-20-14-17-8-4-13-21-17/h1-4,6-8,13,16,18-19H,5,9-12,14H2. The van der Waals surface area contributed by atoms with Crippen LogP contribution >= 0.6 is 0 Å². The summed E-state index contributed by atoms with van der Waals surface area (Å²) in [7, 11) is 0. The van der Waals surface area contributed by atoms with E-state index in [2.05, 4.69) is 35.6 Å². The summed E-state index contributed by atoms with van der Waals surface area (Å²) in [5, 5.41) is 3.69. The maximum absolute atomic E-state index is 5.61. The smallest absolute Gasteiger partial charge is 0.129 e. The summed E-state index contributed by atoms with van der Waals surface area (Å²) in [5.41, 5.74) is 1.41. The molecule has 0 radical (unpaired) electrons. The normalized spacial score (nSPS) is 16.0. The minimum absolute atomic E-state index is 0.510. The third kappa shape index (κ3) is 4.45. The average Bonchev–Trinajstić information content (AvgIpc) is 3.23. The molecule has 1 fully saturated rings. The van der Waals surface area contributed by atoms with Crippen LogP contribution in [-0.4, -0.2) is 13.2 Å². The second kappa shape index (κ2) is 7.43. The summed E-state index contributed by atoms with van der Waals surface area (Å²) in [6.07, 6.45) is 5.40. The number of hydrogen-bond acceptors (Lipinski definition) is 3. The first-order chi connectivity index (χ1) is 10.4. The molecule has 3 nitrogen and oxygen atoms in total. The van der Waals surface area contributed by atoms with Crippen molar-refractivity contribution in [3.8, 4) is 0 Å². The zero-order chi connectivity index (χ0) is 14.3. The van der Waals surface area contributed by atoms with E-state index in [9.17, 15) is 0 Å². The lowest BCUT2D eigenvalue weighted by molar-refractivity contribution is 0.103. The number of furan rings is 1. The molecule has 1 aliphatic rings. The number of ether oxygens (including phenoxy) is 1. The Hall–Kier alpha value is -1.58. The van der Waals surface area contributed by atoms with E-state index in [1.54, 1.807) is 6.26 Å². The van der Waals surface area contributed by atoms with Crippen LogP contribution in [-0.2, 0) is 11.3 Å². The van der Waals surface area contributed by atoms with Crippen LogP contribution in [0.3, 0.4) is 0 Å². The zero-order valence-electron chi connectivity index (χ0n) is 12.3. The Morgan fingerprint density at radius 2 is 2.00 bits per heavy atom. The first kappa shape index (κ1) is 14.4. The quantitative estimate of drug-likeness (QED) is 0.709. The van der Waals surface area contributed by atoms with Crippen molar-refractivity contribution in [1.82, 2.24) is 5.32 Å². The van der Waals surface area contributed by atoms with Crippen molar-refractivity contribution in [2.45, 2.75) is 31.9 Å². The van der Waals surface area contributed by atoms with Crippen molar-refractivity contribution in [3.63, 3.8) is 0 Å². The van der Waals surface area contributed by atoms with Crippen molar-refractivity contribution in [2.24, 2.45) is 5.92 Å². The van der Waals surface area contributed by atoms with Gasteiger partial charge in [-0.2, -0.15) is 0 Å². The van der Waals surface area contributed by atoms with Gasteiger partial charge in [-0.3, -0.25) is 0 Å². The van der Waals surface area contributed by atoms with Crippen LogP contribution < -0.4 is 5.32 Å². The molecule has 112 valence electrons. The Morgan fingerprint density at radius 3 is 2.71 bits per heavy atom. The number of nitrogens with one attached hydrogen (secondary N) is 1. The Balaban J connectivity index is 1.35. The lowest BCUT2D eigenvalue weighted by atomic mass is 10.0. The predicted molar refractivity (Wildman–Crippen MR) is 82.9 cm³/mol. The number of rotatable bonds is 9. The van der Waals surface area contributed by atoms with Crippen LogP contribution in [0.4, 0.5) is 0 Å². The fourth-order valence-electron chi connectivity index (χ4n) is 2.65. The lowest BCUT2D eigenvalue weighted by Crippen LogP contribution is -2.24. The highest BCUT2D eigenvalue weighted by molar-refractivity contribution is 5.21. The van der Waals surface area contributed by atoms with Gasteiger partial charge in [0, 0.05) is 12.6 Å². The molecular weight excluding hydrogens is 262 g/mol. The molecule has 0 bridgehead atoms. The van der Waals surface area contributed by atoms with E-state index in [1.807, 2.05) is 12.1 Å². The first-order valence-electron chi connectivity index (χ1n) is 7.82. The van der Waals surface area contributed by atoms with Gasteiger partial charge in [-0.15, -0.1) is 0 Å². The number of hydrogen-bond donors (Lipinski definition) is 1. The first-order valence-corrected chi connectivity index (χ1v) is 7.82. The molecule has 1 atom stereocenters. The third-order valence-corrected chi connectivity index (χ3v) is 3.91. The average molecular weight is 285 g/mol. The second-order valence-corrected chi connectivity index (χ2v) is 5.67. The monoisotopic (exact) mass is 285 g/mol. The molecular formula is C18H23NO2. The SMILES string of the molecule is c1ccc(C(NCCCOCc2ccco2)C2CC2)cc1. The van der Waals surface area contributed by atoms with Crippen LogP contribution in [0.2, 0.25) is 0 Å². The molecule has 0 saturated heterocycles. The second-order valence-electron chi connectivity index (χ2n) is 5.67. The molecule has 0 aliphatic heterocycles. The molecule has 1 N–H and O–H groups in total. The van der Waals surface area contributed by atoms with Gasteiger partial charge in [-0.1, -0.05) is 30.3 Å². The molecule has 1 aromatic carbocycles. The molecule has 1 unspecified atom stereocenters. The van der Waals surface area contributed by atoms with E-state index in [0.717, 1.165) is 31.3 Å². The van der Waals surface area contributed by atoms with Gasteiger partial charge in [-0.05, 0) is 49.4 Å². The van der Waals surface area contributed by atoms with E-state index in [-0.39, 0.29) is 0 Å². The van der Waals surface area contributed by atoms with Crippen LogP contribution in [0.1, 0.15) is 36.6 Å². The zero-order valence-corrected chi connectivity index (χ0v) is 12.3. The van der Waals surface area contributed by atoms with Crippen LogP contribution in [0.25, 0.3) is 0 Å². The fraction of sp³-hybridized carbons (Fsp3) is 0.444. The molecule has 1 aliphatic carbocycles. The predicted octanol–water partition coefficient (Wildman–Crippen LogP) is 3.93. The molecule has 3 rings (SSSR count). The van der Waals surface area contributed by atoms with E-state index in [1.165, 1.54) is 18.4 Å². The molecule has 3 heteroatoms. The maximum atomic E-state index is 5.61. The Kier molecular flexibility index (Phi) is 5.08. The third-order valence-electron chi connectivity index (χ3n) is 3.91. The Morgan fingerprint density at radius 1 is 1.14 bits per heavy atom. The Labute approximate surface area is 126 Å². The van der Waals surface area contributed by atoms with E-state index >= 15 is 0 Å². The topological polar surface area (TPSA) is 34.4 Å². The Bertz CT molecular complexity index is 505. The van der Waals surface area contributed by atoms with Gasteiger partial charge in [0.05, 0.1) is 6.26 Å². The highest BCUT2D eigenvalue weighted by Crippen LogP contribution is 2.40. The lowest BCUT2D eigenvalue weighted by Gasteiger charge is -2.18. The van der Waals surface area contributed by atoms with Crippen molar-refractivity contribution < 1.29 is 9.15 Å². The van der Waals surface area contributed by atoms with Gasteiger partial charge >= 0.3 is 0 Å². The van der Waals surface area contributed by atoms with Crippen molar-refractivity contribution >= 4 is 0 Å².